The highest BCUT2D eigenvalue weighted by Gasteiger charge is 2.24. The average Bonchev–Trinajstić information content (AvgIpc) is 3.87. The van der Waals surface area contributed by atoms with Gasteiger partial charge >= 0.3 is 0 Å². The summed E-state index contributed by atoms with van der Waals surface area (Å²) in [5, 5.41) is 7.60. The highest BCUT2D eigenvalue weighted by molar-refractivity contribution is 6.19. The smallest absolute Gasteiger partial charge is 0.0541 e. The summed E-state index contributed by atoms with van der Waals surface area (Å²) in [6.45, 7) is 0. The van der Waals surface area contributed by atoms with E-state index in [0.717, 1.165) is 12.8 Å². The Hall–Kier alpha value is -6.97. The van der Waals surface area contributed by atoms with E-state index in [1.807, 2.05) is 12.4 Å². The first-order valence-corrected chi connectivity index (χ1v) is 18.9. The number of allylic oxidation sites excluding steroid dienone is 4. The number of benzene rings is 7. The van der Waals surface area contributed by atoms with Crippen LogP contribution < -0.4 is 0 Å². The second-order valence-corrected chi connectivity index (χ2v) is 14.6. The second-order valence-electron chi connectivity index (χ2n) is 14.6. The third-order valence-electron chi connectivity index (χ3n) is 11.8. The highest BCUT2D eigenvalue weighted by Crippen LogP contribution is 2.49. The first-order valence-electron chi connectivity index (χ1n) is 18.9. The van der Waals surface area contributed by atoms with Crippen molar-refractivity contribution in [2.24, 2.45) is 0 Å². The molecule has 7 aromatic carbocycles. The van der Waals surface area contributed by atoms with Crippen LogP contribution in [0.15, 0.2) is 176 Å². The Morgan fingerprint density at radius 3 is 1.91 bits per heavy atom. The van der Waals surface area contributed by atoms with Crippen LogP contribution in [0.2, 0.25) is 0 Å². The maximum atomic E-state index is 4.47. The van der Waals surface area contributed by atoms with Crippen molar-refractivity contribution in [2.75, 3.05) is 0 Å². The van der Waals surface area contributed by atoms with Crippen molar-refractivity contribution in [1.29, 1.82) is 0 Å². The lowest BCUT2D eigenvalue weighted by atomic mass is 9.99. The van der Waals surface area contributed by atoms with Crippen LogP contribution in [-0.4, -0.2) is 14.1 Å². The number of rotatable bonds is 4. The summed E-state index contributed by atoms with van der Waals surface area (Å²) in [5.74, 6) is 0. The van der Waals surface area contributed by atoms with Crippen molar-refractivity contribution in [3.05, 3.63) is 182 Å². The Labute approximate surface area is 312 Å². The molecule has 3 heterocycles. The van der Waals surface area contributed by atoms with Crippen molar-refractivity contribution in [3.8, 4) is 44.8 Å². The zero-order valence-corrected chi connectivity index (χ0v) is 29.5. The standard InChI is InChI=1S/C51H33N3/c1-2-10-32(11-3-1)33-12-8-13-36(28-33)53-46-18-6-4-14-38(46)43-29-34(20-23-49(43)53)35-21-24-50-44(30-35)39-15-5-7-19-47(39)54(50)48-25-22-41-45-31-52-27-26-37(45)40-16-9-17-42(48)51(40)41/h2,4-31H,1,3H2. The first kappa shape index (κ1) is 29.6. The van der Waals surface area contributed by atoms with Crippen LogP contribution >= 0.6 is 0 Å². The van der Waals surface area contributed by atoms with Gasteiger partial charge in [0.05, 0.1) is 27.8 Å². The van der Waals surface area contributed by atoms with E-state index in [9.17, 15) is 0 Å². The Balaban J connectivity index is 1.03. The number of fused-ring (bicyclic) bond motifs is 9. The molecule has 0 atom stereocenters. The molecule has 0 bridgehead atoms. The van der Waals surface area contributed by atoms with Gasteiger partial charge in [0, 0.05) is 50.6 Å². The summed E-state index contributed by atoms with van der Waals surface area (Å²) in [7, 11) is 0. The first-order chi connectivity index (χ1) is 26.8. The minimum Gasteiger partial charge on any atom is -0.309 e. The summed E-state index contributed by atoms with van der Waals surface area (Å²) in [4.78, 5) is 4.47. The molecule has 3 aromatic heterocycles. The fourth-order valence-electron chi connectivity index (χ4n) is 9.37. The molecule has 0 fully saturated rings. The Bertz CT molecular complexity index is 3250. The van der Waals surface area contributed by atoms with Crippen molar-refractivity contribution in [2.45, 2.75) is 12.8 Å². The van der Waals surface area contributed by atoms with E-state index in [1.165, 1.54) is 110 Å². The molecule has 0 radical (unpaired) electrons. The minimum atomic E-state index is 1.10. The normalized spacial score (nSPS) is 13.4. The minimum absolute atomic E-state index is 1.10. The number of hydrogen-bond donors (Lipinski definition) is 0. The van der Waals surface area contributed by atoms with Gasteiger partial charge in [-0.1, -0.05) is 103 Å². The second kappa shape index (κ2) is 11.3. The van der Waals surface area contributed by atoms with Crippen LogP contribution in [0.25, 0.3) is 105 Å². The predicted molar refractivity (Wildman–Crippen MR) is 227 cm³/mol. The molecule has 0 aliphatic heterocycles. The Kier molecular flexibility index (Phi) is 6.17. The molecule has 0 saturated carbocycles. The molecule has 252 valence electrons. The Morgan fingerprint density at radius 1 is 0.444 bits per heavy atom. The number of hydrogen-bond acceptors (Lipinski definition) is 1. The fraction of sp³-hybridized carbons (Fsp3) is 0.0392. The molecule has 0 unspecified atom stereocenters. The maximum absolute atomic E-state index is 4.47. The average molecular weight is 688 g/mol. The van der Waals surface area contributed by atoms with Gasteiger partial charge < -0.3 is 9.13 Å². The highest BCUT2D eigenvalue weighted by atomic mass is 15.0. The van der Waals surface area contributed by atoms with Gasteiger partial charge in [0.15, 0.2) is 0 Å². The molecule has 0 saturated heterocycles. The van der Waals surface area contributed by atoms with Crippen LogP contribution in [0.4, 0.5) is 0 Å². The molecule has 12 rings (SSSR count). The molecular weight excluding hydrogens is 655 g/mol. The predicted octanol–water partition coefficient (Wildman–Crippen LogP) is 13.5. The van der Waals surface area contributed by atoms with E-state index >= 15 is 0 Å². The van der Waals surface area contributed by atoms with Crippen LogP contribution in [0.5, 0.6) is 0 Å². The van der Waals surface area contributed by atoms with Crippen molar-refractivity contribution in [1.82, 2.24) is 14.1 Å². The van der Waals surface area contributed by atoms with Crippen molar-refractivity contribution < 1.29 is 0 Å². The van der Waals surface area contributed by atoms with Crippen LogP contribution in [-0.2, 0) is 0 Å². The van der Waals surface area contributed by atoms with E-state index in [4.69, 9.17) is 0 Å². The van der Waals surface area contributed by atoms with Crippen LogP contribution in [0.3, 0.4) is 0 Å². The van der Waals surface area contributed by atoms with Crippen LogP contribution in [0.1, 0.15) is 18.4 Å². The summed E-state index contributed by atoms with van der Waals surface area (Å²) in [6.07, 6.45) is 13.0. The number of aromatic nitrogens is 3. The molecule has 3 nitrogen and oxygen atoms in total. The van der Waals surface area contributed by atoms with E-state index < -0.39 is 0 Å². The largest absolute Gasteiger partial charge is 0.309 e. The van der Waals surface area contributed by atoms with E-state index in [1.54, 1.807) is 0 Å². The lowest BCUT2D eigenvalue weighted by Gasteiger charge is -2.13. The maximum Gasteiger partial charge on any atom is 0.0541 e. The molecule has 3 heteroatoms. The molecule has 10 aromatic rings. The monoisotopic (exact) mass is 687 g/mol. The molecular formula is C51H33N3. The van der Waals surface area contributed by atoms with Gasteiger partial charge in [0.1, 0.15) is 0 Å². The number of pyridine rings is 1. The van der Waals surface area contributed by atoms with Crippen molar-refractivity contribution in [3.63, 3.8) is 0 Å². The lowest BCUT2D eigenvalue weighted by Crippen LogP contribution is -1.96. The fourth-order valence-corrected chi connectivity index (χ4v) is 9.37. The van der Waals surface area contributed by atoms with E-state index in [-0.39, 0.29) is 0 Å². The van der Waals surface area contributed by atoms with Gasteiger partial charge in [-0.05, 0) is 118 Å². The molecule has 2 aliphatic carbocycles. The topological polar surface area (TPSA) is 22.8 Å². The SMILES string of the molecule is C1=CC(c2cccc(-n3c4ccccc4c4cc(-c5ccc6c(c5)c5ccccc5n6-c5ccc6c7c(cccc57)-c5ccncc5-6)ccc43)c2)=CCC1. The number of nitrogens with zero attached hydrogens (tertiary/aromatic N) is 3. The quantitative estimate of drug-likeness (QED) is 0.181. The zero-order chi connectivity index (χ0) is 35.3. The zero-order valence-electron chi connectivity index (χ0n) is 29.5. The summed E-state index contributed by atoms with van der Waals surface area (Å²) < 4.78 is 4.89. The van der Waals surface area contributed by atoms with Crippen molar-refractivity contribution >= 4 is 60.0 Å². The molecule has 2 aliphatic rings. The third-order valence-corrected chi connectivity index (χ3v) is 11.8. The molecule has 54 heavy (non-hydrogen) atoms. The van der Waals surface area contributed by atoms with Gasteiger partial charge in [-0.15, -0.1) is 0 Å². The van der Waals surface area contributed by atoms with E-state index in [2.05, 4.69) is 178 Å². The third kappa shape index (κ3) is 4.15. The molecule has 0 N–H and O–H groups in total. The van der Waals surface area contributed by atoms with Crippen LogP contribution in [0, 0.1) is 0 Å². The van der Waals surface area contributed by atoms with E-state index in [0.29, 0.717) is 0 Å². The summed E-state index contributed by atoms with van der Waals surface area (Å²) in [5.41, 5.74) is 17.3. The van der Waals surface area contributed by atoms with Gasteiger partial charge in [-0.3, -0.25) is 4.98 Å². The number of para-hydroxylation sites is 2. The molecule has 0 spiro atoms. The van der Waals surface area contributed by atoms with Gasteiger partial charge in [0.2, 0.25) is 0 Å². The Morgan fingerprint density at radius 2 is 1.13 bits per heavy atom. The van der Waals surface area contributed by atoms with Gasteiger partial charge in [0.25, 0.3) is 0 Å². The summed E-state index contributed by atoms with van der Waals surface area (Å²) in [6, 6.07) is 54.1. The van der Waals surface area contributed by atoms with Gasteiger partial charge in [-0.25, -0.2) is 0 Å². The lowest BCUT2D eigenvalue weighted by molar-refractivity contribution is 1.04. The molecule has 0 amide bonds. The summed E-state index contributed by atoms with van der Waals surface area (Å²) >= 11 is 0. The van der Waals surface area contributed by atoms with Gasteiger partial charge in [-0.2, -0.15) is 0 Å².